The van der Waals surface area contributed by atoms with E-state index in [1.807, 2.05) is 5.83 Å². The van der Waals surface area contributed by atoms with Crippen LogP contribution < -0.4 is 59.1 Å². The van der Waals surface area contributed by atoms with Gasteiger partial charge >= 0.3 is 59.1 Å². The largest absolute Gasteiger partial charge is 1.00 e. The topological polar surface area (TPSA) is 0 Å². The maximum absolute atomic E-state index is 2.94. The predicted molar refractivity (Wildman–Crippen MR) is 17.1 cm³/mol. The SMILES string of the molecule is CBr.[H-].[H-].[Na+].[Na+]. The molecule has 3 heteroatoms. The molecular weight excluding hydrogens is 138 g/mol. The summed E-state index contributed by atoms with van der Waals surface area (Å²) < 4.78 is 0. The molecule has 0 saturated carbocycles. The third kappa shape index (κ3) is 8.82. The molecule has 0 spiro atoms. The molecule has 0 aromatic carbocycles. The summed E-state index contributed by atoms with van der Waals surface area (Å²) in [5, 5.41) is 0. The second kappa shape index (κ2) is 17.9. The summed E-state index contributed by atoms with van der Waals surface area (Å²) in [7, 11) is 0. The zero-order valence-corrected chi connectivity index (χ0v) is 8.96. The Morgan fingerprint density at radius 1 is 1.25 bits per heavy atom. The molecule has 0 nitrogen and oxygen atoms in total. The molecule has 0 N–H and O–H groups in total. The van der Waals surface area contributed by atoms with Crippen molar-refractivity contribution < 1.29 is 62.0 Å². The Morgan fingerprint density at radius 2 is 1.25 bits per heavy atom. The van der Waals surface area contributed by atoms with E-state index in [2.05, 4.69) is 15.9 Å². The van der Waals surface area contributed by atoms with Gasteiger partial charge in [0.1, 0.15) is 0 Å². The van der Waals surface area contributed by atoms with Crippen LogP contribution in [0.2, 0.25) is 0 Å². The first-order valence-corrected chi connectivity index (χ1v) is 1.96. The molecule has 0 unspecified atom stereocenters. The molecule has 0 heterocycles. The van der Waals surface area contributed by atoms with Gasteiger partial charge in [0, 0.05) is 0 Å². The Balaban J connectivity index is -0.000000000833. The van der Waals surface area contributed by atoms with E-state index < -0.39 is 0 Å². The van der Waals surface area contributed by atoms with Crippen LogP contribution in [-0.2, 0) is 0 Å². The van der Waals surface area contributed by atoms with Gasteiger partial charge < -0.3 is 2.85 Å². The van der Waals surface area contributed by atoms with Crippen LogP contribution in [0, 0.1) is 0 Å². The maximum atomic E-state index is 2.94. The number of hydrogen-bond donors (Lipinski definition) is 0. The number of halogens is 1. The van der Waals surface area contributed by atoms with Gasteiger partial charge in [0.15, 0.2) is 0 Å². The van der Waals surface area contributed by atoms with Crippen LogP contribution >= 0.6 is 15.9 Å². The second-order valence-electron chi connectivity index (χ2n) is 0. The van der Waals surface area contributed by atoms with E-state index in [9.17, 15) is 0 Å². The maximum Gasteiger partial charge on any atom is 1.00 e. The van der Waals surface area contributed by atoms with E-state index >= 15 is 0 Å². The summed E-state index contributed by atoms with van der Waals surface area (Å²) in [6.45, 7) is 0. The van der Waals surface area contributed by atoms with Crippen molar-refractivity contribution in [3.63, 3.8) is 0 Å². The summed E-state index contributed by atoms with van der Waals surface area (Å²) in [5.41, 5.74) is 0. The molecule has 0 fully saturated rings. The summed E-state index contributed by atoms with van der Waals surface area (Å²) >= 11 is 2.94. The van der Waals surface area contributed by atoms with Crippen molar-refractivity contribution in [1.82, 2.24) is 0 Å². The average Bonchev–Trinajstić information content (AvgIpc) is 1.00. The zero-order valence-electron chi connectivity index (χ0n) is 5.38. The minimum Gasteiger partial charge on any atom is -1.00 e. The number of alkyl halides is 1. The van der Waals surface area contributed by atoms with E-state index in [1.54, 1.807) is 0 Å². The van der Waals surface area contributed by atoms with Crippen molar-refractivity contribution in [2.45, 2.75) is 0 Å². The Hall–Kier alpha value is 2.48. The normalized spacial score (nSPS) is 1.50. The van der Waals surface area contributed by atoms with Crippen molar-refractivity contribution in [3.8, 4) is 0 Å². The van der Waals surface area contributed by atoms with Gasteiger partial charge in [-0.3, -0.25) is 0 Å². The standard InChI is InChI=1S/CH3Br.2Na.2H/c1-2;;;;/h1H3;;;;/q;2*+1;2*-1. The third-order valence-corrected chi connectivity index (χ3v) is 0. The summed E-state index contributed by atoms with van der Waals surface area (Å²) in [6.07, 6.45) is 0. The van der Waals surface area contributed by atoms with Gasteiger partial charge in [-0.1, -0.05) is 15.9 Å². The molecule has 4 heavy (non-hydrogen) atoms. The van der Waals surface area contributed by atoms with E-state index in [-0.39, 0.29) is 62.0 Å². The number of rotatable bonds is 0. The van der Waals surface area contributed by atoms with Gasteiger partial charge in [0.05, 0.1) is 0 Å². The van der Waals surface area contributed by atoms with Crippen molar-refractivity contribution >= 4 is 15.9 Å². The summed E-state index contributed by atoms with van der Waals surface area (Å²) in [5.74, 6) is 1.81. The quantitative estimate of drug-likeness (QED) is 0.236. The molecule has 0 radical (unpaired) electrons. The fourth-order valence-corrected chi connectivity index (χ4v) is 0. The minimum absolute atomic E-state index is 0. The van der Waals surface area contributed by atoms with E-state index in [0.29, 0.717) is 0 Å². The van der Waals surface area contributed by atoms with Crippen LogP contribution in [-0.4, -0.2) is 5.83 Å². The van der Waals surface area contributed by atoms with Crippen molar-refractivity contribution in [2.75, 3.05) is 5.83 Å². The summed E-state index contributed by atoms with van der Waals surface area (Å²) in [4.78, 5) is 0. The Morgan fingerprint density at radius 3 is 1.25 bits per heavy atom. The molecule has 18 valence electrons. The van der Waals surface area contributed by atoms with Crippen LogP contribution in [0.5, 0.6) is 0 Å². The Bertz CT molecular complexity index is 11.5. The van der Waals surface area contributed by atoms with Crippen molar-refractivity contribution in [3.05, 3.63) is 0 Å². The molecule has 0 atom stereocenters. The van der Waals surface area contributed by atoms with E-state index in [0.717, 1.165) is 0 Å². The molecular formula is CH5BrNa2. The molecule has 0 aliphatic rings. The first-order valence-electron chi connectivity index (χ1n) is 0.378. The summed E-state index contributed by atoms with van der Waals surface area (Å²) in [6, 6.07) is 0. The van der Waals surface area contributed by atoms with Crippen molar-refractivity contribution in [2.24, 2.45) is 0 Å². The fraction of sp³-hybridized carbons (Fsp3) is 1.00. The van der Waals surface area contributed by atoms with Crippen LogP contribution in [0.25, 0.3) is 0 Å². The van der Waals surface area contributed by atoms with Gasteiger partial charge in [0.2, 0.25) is 0 Å². The molecule has 0 saturated heterocycles. The molecule has 0 aromatic rings. The van der Waals surface area contributed by atoms with Gasteiger partial charge in [0.25, 0.3) is 0 Å². The monoisotopic (exact) mass is 142 g/mol. The molecule has 0 amide bonds. The van der Waals surface area contributed by atoms with E-state index in [4.69, 9.17) is 0 Å². The first-order chi connectivity index (χ1) is 1.00. The van der Waals surface area contributed by atoms with Crippen molar-refractivity contribution in [1.29, 1.82) is 0 Å². The molecule has 0 aliphatic heterocycles. The van der Waals surface area contributed by atoms with E-state index in [1.165, 1.54) is 0 Å². The minimum atomic E-state index is 0. The average molecular weight is 143 g/mol. The Labute approximate surface area is 82.4 Å². The fourth-order valence-electron chi connectivity index (χ4n) is 0. The predicted octanol–water partition coefficient (Wildman–Crippen LogP) is -4.76. The smallest absolute Gasteiger partial charge is 1.00 e. The Kier molecular flexibility index (Phi) is 71.8. The van der Waals surface area contributed by atoms with Gasteiger partial charge in [-0.15, -0.1) is 0 Å². The zero-order chi connectivity index (χ0) is 2.00. The molecule has 0 aromatic heterocycles. The molecule has 0 bridgehead atoms. The van der Waals surface area contributed by atoms with Gasteiger partial charge in [-0.25, -0.2) is 0 Å². The van der Waals surface area contributed by atoms with Crippen LogP contribution in [0.15, 0.2) is 0 Å². The first kappa shape index (κ1) is 16.1. The van der Waals surface area contributed by atoms with Crippen LogP contribution in [0.3, 0.4) is 0 Å². The van der Waals surface area contributed by atoms with Crippen LogP contribution in [0.1, 0.15) is 2.85 Å². The van der Waals surface area contributed by atoms with Crippen LogP contribution in [0.4, 0.5) is 0 Å². The third-order valence-electron chi connectivity index (χ3n) is 0. The van der Waals surface area contributed by atoms with Gasteiger partial charge in [-0.05, 0) is 5.83 Å². The molecule has 0 aliphatic carbocycles. The second-order valence-corrected chi connectivity index (χ2v) is 0. The number of hydrogen-bond acceptors (Lipinski definition) is 0. The molecule has 0 rings (SSSR count). The van der Waals surface area contributed by atoms with Gasteiger partial charge in [-0.2, -0.15) is 0 Å².